The highest BCUT2D eigenvalue weighted by molar-refractivity contribution is 6.01. The van der Waals surface area contributed by atoms with Gasteiger partial charge in [0.05, 0.1) is 16.8 Å². The monoisotopic (exact) mass is 785 g/mol. The van der Waals surface area contributed by atoms with Gasteiger partial charge in [0.2, 0.25) is 11.8 Å². The molecule has 0 spiro atoms. The maximum atomic E-state index is 12.9. The fourth-order valence-corrected chi connectivity index (χ4v) is 7.81. The molecule has 13 heteroatoms. The number of piperidine rings is 2. The van der Waals surface area contributed by atoms with Crippen LogP contribution in [-0.2, 0) is 28.9 Å². The van der Waals surface area contributed by atoms with Crippen LogP contribution in [0, 0.1) is 6.92 Å². The average Bonchev–Trinajstić information content (AvgIpc) is 3.67. The molecule has 1 unspecified atom stereocenters. The molecule has 4 heterocycles. The van der Waals surface area contributed by atoms with Crippen LogP contribution in [0.1, 0.15) is 69.8 Å². The Hall–Kier alpha value is -6.34. The molecule has 6 aromatic rings. The number of nitrogens with zero attached hydrogens (tertiary/aromatic N) is 4. The lowest BCUT2D eigenvalue weighted by Crippen LogP contribution is -2.47. The van der Waals surface area contributed by atoms with Gasteiger partial charge < -0.3 is 10.6 Å². The largest absolute Gasteiger partial charge is 0.416 e. The van der Waals surface area contributed by atoms with Gasteiger partial charge in [-0.1, -0.05) is 48.5 Å². The molecule has 10 nitrogen and oxygen atoms in total. The Balaban J connectivity index is 0.855. The zero-order chi connectivity index (χ0) is 40.4. The summed E-state index contributed by atoms with van der Waals surface area (Å²) < 4.78 is 40.6. The summed E-state index contributed by atoms with van der Waals surface area (Å²) in [6.07, 6.45) is 2.06. The predicted molar refractivity (Wildman–Crippen MR) is 215 cm³/mol. The van der Waals surface area contributed by atoms with Crippen LogP contribution >= 0.6 is 0 Å². The van der Waals surface area contributed by atoms with Crippen molar-refractivity contribution in [1.29, 1.82) is 0 Å². The van der Waals surface area contributed by atoms with Crippen molar-refractivity contribution in [1.82, 2.24) is 30.1 Å². The molecule has 2 aliphatic heterocycles. The van der Waals surface area contributed by atoms with Gasteiger partial charge in [-0.25, -0.2) is 9.50 Å². The molecule has 3 N–H and O–H groups in total. The number of aryl methyl sites for hydroxylation is 1. The van der Waals surface area contributed by atoms with Gasteiger partial charge in [0, 0.05) is 48.1 Å². The molecule has 296 valence electrons. The number of hydrogen-bond acceptors (Lipinski definition) is 7. The first-order valence-electron chi connectivity index (χ1n) is 19.4. The number of imide groups is 1. The highest BCUT2D eigenvalue weighted by atomic mass is 19.4. The van der Waals surface area contributed by atoms with Crippen molar-refractivity contribution < 1.29 is 27.6 Å². The summed E-state index contributed by atoms with van der Waals surface area (Å²) in [4.78, 5) is 43.3. The highest BCUT2D eigenvalue weighted by Gasteiger charge is 2.30. The number of anilines is 1. The van der Waals surface area contributed by atoms with Crippen LogP contribution in [0.4, 0.5) is 18.9 Å². The SMILES string of the molecule is Cc1cc(-c2ncnn3cc(-c4ccc(CN5CCC(c6ccc(NC7CCC(=O)NC7=O)cc6)CC5)cc4)cc23)ccc1CNC(=O)c1ccc(C(F)(F)F)cc1. The first kappa shape index (κ1) is 38.5. The van der Waals surface area contributed by atoms with Gasteiger partial charge in [0.1, 0.15) is 12.4 Å². The third-order valence-electron chi connectivity index (χ3n) is 11.2. The predicted octanol–water partition coefficient (Wildman–Crippen LogP) is 7.92. The summed E-state index contributed by atoms with van der Waals surface area (Å²) in [5, 5.41) is 12.9. The molecule has 8 rings (SSSR count). The van der Waals surface area contributed by atoms with E-state index in [1.54, 1.807) is 0 Å². The number of benzene rings is 4. The van der Waals surface area contributed by atoms with Crippen molar-refractivity contribution in [2.24, 2.45) is 0 Å². The molecule has 2 fully saturated rings. The van der Waals surface area contributed by atoms with Gasteiger partial charge in [0.25, 0.3) is 5.91 Å². The lowest BCUT2D eigenvalue weighted by atomic mass is 9.89. The molecule has 0 aliphatic carbocycles. The van der Waals surface area contributed by atoms with E-state index in [0.29, 0.717) is 18.8 Å². The molecule has 4 aromatic carbocycles. The summed E-state index contributed by atoms with van der Waals surface area (Å²) >= 11 is 0. The molecule has 58 heavy (non-hydrogen) atoms. The third kappa shape index (κ3) is 8.64. The standard InChI is InChI=1S/C45H42F3N7O3/c1-28-22-34(6-7-35(28)24-49-43(57)33-8-12-37(13-9-33)45(46,47)48)42-40-23-36(26-55(40)51-27-50-42)31-4-2-29(3-5-31)25-54-20-18-32(19-21-54)30-10-14-38(15-11-30)52-39-16-17-41(56)53-44(39)58/h2-15,22-23,26-27,32,39,52H,16-21,24-25H2,1H3,(H,49,57)(H,53,56,58). The molecule has 1 atom stereocenters. The second-order valence-corrected chi connectivity index (χ2v) is 15.1. The Morgan fingerprint density at radius 1 is 0.862 bits per heavy atom. The van der Waals surface area contributed by atoms with E-state index < -0.39 is 17.6 Å². The summed E-state index contributed by atoms with van der Waals surface area (Å²) in [6, 6.07) is 28.7. The minimum atomic E-state index is -4.46. The van der Waals surface area contributed by atoms with E-state index in [0.717, 1.165) is 89.3 Å². The molecular formula is C45H42F3N7O3. The number of aromatic nitrogens is 3. The van der Waals surface area contributed by atoms with E-state index in [9.17, 15) is 27.6 Å². The first-order chi connectivity index (χ1) is 28.0. The second-order valence-electron chi connectivity index (χ2n) is 15.1. The van der Waals surface area contributed by atoms with E-state index >= 15 is 0 Å². The molecule has 2 saturated heterocycles. The summed E-state index contributed by atoms with van der Waals surface area (Å²) in [7, 11) is 0. The summed E-state index contributed by atoms with van der Waals surface area (Å²) in [6.45, 7) is 5.06. The van der Waals surface area contributed by atoms with Crippen LogP contribution in [0.5, 0.6) is 0 Å². The number of alkyl halides is 3. The van der Waals surface area contributed by atoms with Crippen LogP contribution in [0.15, 0.2) is 110 Å². The minimum Gasteiger partial charge on any atom is -0.374 e. The molecule has 2 aliphatic rings. The third-order valence-corrected chi connectivity index (χ3v) is 11.2. The van der Waals surface area contributed by atoms with Crippen molar-refractivity contribution in [3.05, 3.63) is 143 Å². The quantitative estimate of drug-likeness (QED) is 0.121. The number of carbonyl (C=O) groups is 3. The second kappa shape index (κ2) is 16.3. The number of likely N-dealkylation sites (tertiary alicyclic amines) is 1. The van der Waals surface area contributed by atoms with Crippen LogP contribution in [0.3, 0.4) is 0 Å². The molecule has 2 aromatic heterocycles. The van der Waals surface area contributed by atoms with Gasteiger partial charge in [-0.3, -0.25) is 24.6 Å². The molecule has 0 radical (unpaired) electrons. The van der Waals surface area contributed by atoms with Crippen LogP contribution in [-0.4, -0.2) is 56.4 Å². The van der Waals surface area contributed by atoms with Gasteiger partial charge in [-0.15, -0.1) is 0 Å². The van der Waals surface area contributed by atoms with Gasteiger partial charge >= 0.3 is 6.18 Å². The highest BCUT2D eigenvalue weighted by Crippen LogP contribution is 2.32. The molecule has 0 bridgehead atoms. The van der Waals surface area contributed by atoms with Crippen LogP contribution in [0.2, 0.25) is 0 Å². The van der Waals surface area contributed by atoms with Crippen molar-refractivity contribution in [3.63, 3.8) is 0 Å². The topological polar surface area (TPSA) is 121 Å². The smallest absolute Gasteiger partial charge is 0.374 e. The van der Waals surface area contributed by atoms with Crippen LogP contribution in [0.25, 0.3) is 27.9 Å². The first-order valence-corrected chi connectivity index (χ1v) is 19.4. The van der Waals surface area contributed by atoms with E-state index in [1.165, 1.54) is 29.6 Å². The lowest BCUT2D eigenvalue weighted by Gasteiger charge is -2.32. The molecule has 0 saturated carbocycles. The minimum absolute atomic E-state index is 0.157. The van der Waals surface area contributed by atoms with Crippen molar-refractivity contribution in [2.75, 3.05) is 18.4 Å². The zero-order valence-corrected chi connectivity index (χ0v) is 31.9. The number of amides is 3. The van der Waals surface area contributed by atoms with Gasteiger partial charge in [-0.05, 0) is 122 Å². The zero-order valence-electron chi connectivity index (χ0n) is 31.9. The lowest BCUT2D eigenvalue weighted by molar-refractivity contribution is -0.137. The number of fused-ring (bicyclic) bond motifs is 1. The maximum Gasteiger partial charge on any atom is 0.416 e. The van der Waals surface area contributed by atoms with E-state index in [1.807, 2.05) is 48.0 Å². The van der Waals surface area contributed by atoms with Gasteiger partial charge in [-0.2, -0.15) is 18.3 Å². The Kier molecular flexibility index (Phi) is 10.8. The van der Waals surface area contributed by atoms with Crippen LogP contribution < -0.4 is 16.0 Å². The Bertz CT molecular complexity index is 2460. The van der Waals surface area contributed by atoms with Gasteiger partial charge in [0.15, 0.2) is 0 Å². The van der Waals surface area contributed by atoms with Crippen molar-refractivity contribution in [3.8, 4) is 22.4 Å². The number of carbonyl (C=O) groups excluding carboxylic acids is 3. The van der Waals surface area contributed by atoms with Crippen molar-refractivity contribution in [2.45, 2.75) is 63.8 Å². The average molecular weight is 786 g/mol. The maximum absolute atomic E-state index is 12.9. The van der Waals surface area contributed by atoms with Crippen molar-refractivity contribution >= 4 is 28.9 Å². The fourth-order valence-electron chi connectivity index (χ4n) is 7.81. The van der Waals surface area contributed by atoms with E-state index in [4.69, 9.17) is 0 Å². The number of hydrogen-bond donors (Lipinski definition) is 3. The van der Waals surface area contributed by atoms with E-state index in [2.05, 4.69) is 73.4 Å². The molecule has 3 amide bonds. The number of rotatable bonds is 10. The normalized spacial score (nSPS) is 16.7. The summed E-state index contributed by atoms with van der Waals surface area (Å²) in [5.41, 5.74) is 9.22. The number of nitrogens with one attached hydrogen (secondary N) is 3. The fraction of sp³-hybridized carbons (Fsp3) is 0.267. The van der Waals surface area contributed by atoms with E-state index in [-0.39, 0.29) is 30.0 Å². The molecular weight excluding hydrogens is 744 g/mol. The Morgan fingerprint density at radius 2 is 1.59 bits per heavy atom. The Labute approximate surface area is 333 Å². The Morgan fingerprint density at radius 3 is 2.28 bits per heavy atom. The summed E-state index contributed by atoms with van der Waals surface area (Å²) in [5.74, 6) is -0.451. The number of halogens is 3.